The van der Waals surface area contributed by atoms with Gasteiger partial charge >= 0.3 is 0 Å². The molecule has 0 saturated carbocycles. The number of hydrogen-bond acceptors (Lipinski definition) is 2. The summed E-state index contributed by atoms with van der Waals surface area (Å²) in [6, 6.07) is 10.4. The van der Waals surface area contributed by atoms with Crippen LogP contribution in [-0.4, -0.2) is 18.8 Å². The van der Waals surface area contributed by atoms with Crippen molar-refractivity contribution in [2.24, 2.45) is 0 Å². The SMILES string of the molecule is CCCCCCCCC[C@@]1(COCc2ccccc2)CO1. The predicted octanol–water partition coefficient (Wildman–Crippen LogP) is 5.11. The van der Waals surface area contributed by atoms with E-state index in [1.165, 1.54) is 50.5 Å². The summed E-state index contributed by atoms with van der Waals surface area (Å²) < 4.78 is 11.5. The Morgan fingerprint density at radius 1 is 1.00 bits per heavy atom. The van der Waals surface area contributed by atoms with Gasteiger partial charge in [0.15, 0.2) is 0 Å². The van der Waals surface area contributed by atoms with Crippen LogP contribution in [0, 0.1) is 0 Å². The van der Waals surface area contributed by atoms with Gasteiger partial charge in [0.1, 0.15) is 5.60 Å². The number of ether oxygens (including phenoxy) is 2. The highest BCUT2D eigenvalue weighted by Gasteiger charge is 2.44. The van der Waals surface area contributed by atoms with Gasteiger partial charge in [-0.1, -0.05) is 82.2 Å². The number of unbranched alkanes of at least 4 members (excludes halogenated alkanes) is 6. The number of rotatable bonds is 12. The van der Waals surface area contributed by atoms with Gasteiger partial charge in [-0.15, -0.1) is 0 Å². The lowest BCUT2D eigenvalue weighted by Crippen LogP contribution is -2.19. The van der Waals surface area contributed by atoms with Crippen LogP contribution in [0.1, 0.15) is 63.9 Å². The van der Waals surface area contributed by atoms with Crippen molar-refractivity contribution in [1.29, 1.82) is 0 Å². The molecule has 2 heteroatoms. The van der Waals surface area contributed by atoms with E-state index < -0.39 is 0 Å². The molecule has 2 rings (SSSR count). The molecular weight excluding hydrogens is 260 g/mol. The average Bonchev–Trinajstić information content (AvgIpc) is 3.28. The molecule has 1 heterocycles. The van der Waals surface area contributed by atoms with E-state index in [1.807, 2.05) is 6.07 Å². The van der Waals surface area contributed by atoms with Gasteiger partial charge in [-0.25, -0.2) is 0 Å². The van der Waals surface area contributed by atoms with Gasteiger partial charge in [0, 0.05) is 0 Å². The molecule has 1 aromatic carbocycles. The minimum atomic E-state index is 0.0538. The van der Waals surface area contributed by atoms with E-state index in [9.17, 15) is 0 Å². The number of benzene rings is 1. The lowest BCUT2D eigenvalue weighted by molar-refractivity contribution is 0.0631. The first-order valence-corrected chi connectivity index (χ1v) is 8.60. The molecule has 0 aliphatic carbocycles. The maximum atomic E-state index is 5.83. The van der Waals surface area contributed by atoms with Crippen LogP contribution in [0.2, 0.25) is 0 Å². The van der Waals surface area contributed by atoms with Crippen molar-refractivity contribution < 1.29 is 9.47 Å². The van der Waals surface area contributed by atoms with Crippen molar-refractivity contribution in [1.82, 2.24) is 0 Å². The zero-order valence-electron chi connectivity index (χ0n) is 13.5. The maximum absolute atomic E-state index is 5.83. The van der Waals surface area contributed by atoms with E-state index in [4.69, 9.17) is 9.47 Å². The Morgan fingerprint density at radius 2 is 1.67 bits per heavy atom. The zero-order chi connectivity index (χ0) is 14.8. The molecule has 0 radical (unpaired) electrons. The molecule has 0 unspecified atom stereocenters. The Hall–Kier alpha value is -0.860. The molecular formula is C19H30O2. The highest BCUT2D eigenvalue weighted by molar-refractivity contribution is 5.13. The summed E-state index contributed by atoms with van der Waals surface area (Å²) in [5.74, 6) is 0. The predicted molar refractivity (Wildman–Crippen MR) is 87.4 cm³/mol. The van der Waals surface area contributed by atoms with Gasteiger partial charge in [-0.3, -0.25) is 0 Å². The van der Waals surface area contributed by atoms with E-state index in [-0.39, 0.29) is 5.60 Å². The summed E-state index contributed by atoms with van der Waals surface area (Å²) in [5, 5.41) is 0. The molecule has 118 valence electrons. The Balaban J connectivity index is 1.50. The normalized spacial score (nSPS) is 20.6. The van der Waals surface area contributed by atoms with E-state index in [0.29, 0.717) is 6.61 Å². The molecule has 0 bridgehead atoms. The van der Waals surface area contributed by atoms with Crippen molar-refractivity contribution in [3.8, 4) is 0 Å². The van der Waals surface area contributed by atoms with Crippen LogP contribution in [0.15, 0.2) is 30.3 Å². The summed E-state index contributed by atoms with van der Waals surface area (Å²) in [5.41, 5.74) is 1.29. The van der Waals surface area contributed by atoms with Crippen LogP contribution in [0.4, 0.5) is 0 Å². The lowest BCUT2D eigenvalue weighted by Gasteiger charge is -2.12. The van der Waals surface area contributed by atoms with Crippen molar-refractivity contribution in [3.05, 3.63) is 35.9 Å². The second-order valence-electron chi connectivity index (χ2n) is 6.32. The Bertz CT molecular complexity index is 370. The second-order valence-corrected chi connectivity index (χ2v) is 6.32. The molecule has 1 fully saturated rings. The maximum Gasteiger partial charge on any atom is 0.115 e. The Kier molecular flexibility index (Phi) is 7.25. The standard InChI is InChI=1S/C19H30O2/c1-2-3-4-5-6-7-11-14-19(17-21-19)16-20-15-18-12-9-8-10-13-18/h8-10,12-13H,2-7,11,14-17H2,1H3/t19-/m1/s1. The number of hydrogen-bond donors (Lipinski definition) is 0. The minimum absolute atomic E-state index is 0.0538. The molecule has 1 aliphatic heterocycles. The molecule has 1 atom stereocenters. The third-order valence-corrected chi connectivity index (χ3v) is 4.27. The van der Waals surface area contributed by atoms with Crippen LogP contribution in [0.25, 0.3) is 0 Å². The summed E-state index contributed by atoms with van der Waals surface area (Å²) in [4.78, 5) is 0. The van der Waals surface area contributed by atoms with Gasteiger partial charge in [0.25, 0.3) is 0 Å². The average molecular weight is 290 g/mol. The quantitative estimate of drug-likeness (QED) is 0.394. The van der Waals surface area contributed by atoms with E-state index in [0.717, 1.165) is 19.6 Å². The molecule has 0 amide bonds. The monoisotopic (exact) mass is 290 g/mol. The third-order valence-electron chi connectivity index (χ3n) is 4.27. The molecule has 1 aliphatic rings. The summed E-state index contributed by atoms with van der Waals surface area (Å²) in [6.07, 6.45) is 10.7. The van der Waals surface area contributed by atoms with Crippen molar-refractivity contribution in [2.45, 2.75) is 70.5 Å². The summed E-state index contributed by atoms with van der Waals surface area (Å²) in [6.45, 7) is 4.60. The van der Waals surface area contributed by atoms with Crippen LogP contribution >= 0.6 is 0 Å². The van der Waals surface area contributed by atoms with Crippen molar-refractivity contribution >= 4 is 0 Å². The van der Waals surface area contributed by atoms with Crippen molar-refractivity contribution in [3.63, 3.8) is 0 Å². The fourth-order valence-electron chi connectivity index (χ4n) is 2.74. The van der Waals surface area contributed by atoms with E-state index in [1.54, 1.807) is 0 Å². The topological polar surface area (TPSA) is 21.8 Å². The molecule has 2 nitrogen and oxygen atoms in total. The van der Waals surface area contributed by atoms with Gasteiger partial charge in [0.2, 0.25) is 0 Å². The molecule has 21 heavy (non-hydrogen) atoms. The lowest BCUT2D eigenvalue weighted by atomic mass is 10.0. The van der Waals surface area contributed by atoms with Crippen molar-refractivity contribution in [2.75, 3.05) is 13.2 Å². The summed E-state index contributed by atoms with van der Waals surface area (Å²) in [7, 11) is 0. The first-order chi connectivity index (χ1) is 10.3. The Labute approximate surface area is 129 Å². The van der Waals surface area contributed by atoms with Gasteiger partial charge in [0.05, 0.1) is 19.8 Å². The zero-order valence-corrected chi connectivity index (χ0v) is 13.5. The van der Waals surface area contributed by atoms with E-state index in [2.05, 4.69) is 31.2 Å². The smallest absolute Gasteiger partial charge is 0.115 e. The minimum Gasteiger partial charge on any atom is -0.374 e. The van der Waals surface area contributed by atoms with Gasteiger partial charge in [-0.05, 0) is 12.0 Å². The largest absolute Gasteiger partial charge is 0.374 e. The fourth-order valence-corrected chi connectivity index (χ4v) is 2.74. The summed E-state index contributed by atoms with van der Waals surface area (Å²) >= 11 is 0. The van der Waals surface area contributed by atoms with Crippen LogP contribution in [-0.2, 0) is 16.1 Å². The van der Waals surface area contributed by atoms with Crippen LogP contribution in [0.3, 0.4) is 0 Å². The first kappa shape index (κ1) is 16.5. The highest BCUT2D eigenvalue weighted by Crippen LogP contribution is 2.33. The highest BCUT2D eigenvalue weighted by atomic mass is 16.6. The first-order valence-electron chi connectivity index (χ1n) is 8.60. The molecule has 1 aromatic rings. The second kappa shape index (κ2) is 9.22. The van der Waals surface area contributed by atoms with Crippen LogP contribution < -0.4 is 0 Å². The fraction of sp³-hybridized carbons (Fsp3) is 0.684. The van der Waals surface area contributed by atoms with Crippen LogP contribution in [0.5, 0.6) is 0 Å². The molecule has 1 saturated heterocycles. The third kappa shape index (κ3) is 6.62. The van der Waals surface area contributed by atoms with Gasteiger partial charge < -0.3 is 9.47 Å². The Morgan fingerprint density at radius 3 is 2.33 bits per heavy atom. The van der Waals surface area contributed by atoms with E-state index >= 15 is 0 Å². The molecule has 0 spiro atoms. The molecule has 0 N–H and O–H groups in total. The van der Waals surface area contributed by atoms with Gasteiger partial charge in [-0.2, -0.15) is 0 Å². The number of epoxide rings is 1. The molecule has 0 aromatic heterocycles.